The van der Waals surface area contributed by atoms with Crippen LogP contribution in [0.3, 0.4) is 0 Å². The van der Waals surface area contributed by atoms with E-state index in [0.717, 1.165) is 16.6 Å². The van der Waals surface area contributed by atoms with E-state index in [1.807, 2.05) is 0 Å². The monoisotopic (exact) mass is 359 g/mol. The van der Waals surface area contributed by atoms with Crippen molar-refractivity contribution in [2.45, 2.75) is 6.36 Å². The van der Waals surface area contributed by atoms with Crippen LogP contribution in [0.25, 0.3) is 0 Å². The van der Waals surface area contributed by atoms with Crippen LogP contribution in [0.2, 0.25) is 0 Å². The van der Waals surface area contributed by atoms with Gasteiger partial charge in [0.25, 0.3) is 5.91 Å². The molecule has 0 bridgehead atoms. The Morgan fingerprint density at radius 1 is 1.29 bits per heavy atom. The maximum absolute atomic E-state index is 11.9. The van der Waals surface area contributed by atoms with Crippen LogP contribution in [0, 0.1) is 0 Å². The summed E-state index contributed by atoms with van der Waals surface area (Å²) >= 11 is 2.10. The number of rotatable bonds is 4. The summed E-state index contributed by atoms with van der Waals surface area (Å²) < 4.78 is 40.0. The summed E-state index contributed by atoms with van der Waals surface area (Å²) in [6.07, 6.45) is -4.72. The maximum Gasteiger partial charge on any atom is 0.573 e. The molecule has 0 spiro atoms. The average molecular weight is 359 g/mol. The molecule has 1 amide bonds. The minimum absolute atomic E-state index is 0.296. The predicted octanol–water partition coefficient (Wildman–Crippen LogP) is 2.75. The van der Waals surface area contributed by atoms with Crippen molar-refractivity contribution in [1.82, 2.24) is 5.32 Å². The van der Waals surface area contributed by atoms with Crippen LogP contribution in [0.1, 0.15) is 10.4 Å². The number of hydrogen-bond acceptors (Lipinski definition) is 2. The van der Waals surface area contributed by atoms with E-state index in [1.54, 1.807) is 0 Å². The van der Waals surface area contributed by atoms with Crippen LogP contribution < -0.4 is 10.1 Å². The lowest BCUT2D eigenvalue weighted by atomic mass is 10.2. The molecule has 1 N–H and O–H groups in total. The number of benzene rings is 1. The van der Waals surface area contributed by atoms with Crippen LogP contribution in [0.5, 0.6) is 5.75 Å². The van der Waals surface area contributed by atoms with E-state index in [1.165, 1.54) is 12.1 Å². The fourth-order valence-electron chi connectivity index (χ4n) is 1.07. The van der Waals surface area contributed by atoms with Gasteiger partial charge in [0.05, 0.1) is 0 Å². The maximum atomic E-state index is 11.9. The summed E-state index contributed by atoms with van der Waals surface area (Å²) in [5, 5.41) is 2.61. The summed E-state index contributed by atoms with van der Waals surface area (Å²) in [7, 11) is 0. The van der Waals surface area contributed by atoms with E-state index in [4.69, 9.17) is 0 Å². The van der Waals surface area contributed by atoms with Gasteiger partial charge in [0.2, 0.25) is 0 Å². The van der Waals surface area contributed by atoms with Gasteiger partial charge in [-0.15, -0.1) is 13.2 Å². The minimum atomic E-state index is -4.72. The lowest BCUT2D eigenvalue weighted by Crippen LogP contribution is -2.25. The lowest BCUT2D eigenvalue weighted by Gasteiger charge is -2.09. The van der Waals surface area contributed by atoms with Crippen molar-refractivity contribution in [2.75, 3.05) is 11.0 Å². The number of alkyl halides is 4. The molecule has 0 unspecified atom stereocenters. The number of ether oxygens (including phenoxy) is 1. The van der Waals surface area contributed by atoms with Crippen LogP contribution in [0.4, 0.5) is 13.2 Å². The first-order chi connectivity index (χ1) is 7.92. The molecule has 1 rings (SSSR count). The van der Waals surface area contributed by atoms with Gasteiger partial charge in [-0.3, -0.25) is 4.79 Å². The third-order valence-electron chi connectivity index (χ3n) is 1.73. The lowest BCUT2D eigenvalue weighted by molar-refractivity contribution is -0.274. The average Bonchev–Trinajstić information content (AvgIpc) is 2.24. The van der Waals surface area contributed by atoms with E-state index in [-0.39, 0.29) is 11.7 Å². The first-order valence-electron chi connectivity index (χ1n) is 4.62. The van der Waals surface area contributed by atoms with Gasteiger partial charge < -0.3 is 10.1 Å². The Balaban J connectivity index is 2.64. The molecule has 0 aliphatic rings. The molecule has 1 aromatic carbocycles. The summed E-state index contributed by atoms with van der Waals surface area (Å²) in [5.74, 6) is -0.664. The molecule has 3 nitrogen and oxygen atoms in total. The summed E-state index contributed by atoms with van der Waals surface area (Å²) in [5.41, 5.74) is 0.296. The molecular weight excluding hydrogens is 350 g/mol. The Labute approximate surface area is 109 Å². The highest BCUT2D eigenvalue weighted by molar-refractivity contribution is 14.1. The first kappa shape index (κ1) is 14.1. The van der Waals surface area contributed by atoms with Crippen LogP contribution in [-0.2, 0) is 0 Å². The largest absolute Gasteiger partial charge is 0.573 e. The van der Waals surface area contributed by atoms with Gasteiger partial charge in [0.15, 0.2) is 0 Å². The number of carbonyl (C=O) groups excluding carboxylic acids is 1. The second-order valence-corrected chi connectivity index (χ2v) is 4.10. The number of nitrogens with one attached hydrogen (secondary N) is 1. The van der Waals surface area contributed by atoms with Crippen LogP contribution in [-0.4, -0.2) is 23.2 Å². The second kappa shape index (κ2) is 6.08. The SMILES string of the molecule is O=C(NCCI)c1ccc(OC(F)(F)F)cc1. The van der Waals surface area contributed by atoms with E-state index in [0.29, 0.717) is 12.1 Å². The standard InChI is InChI=1S/C10H9F3INO2/c11-10(12,13)17-8-3-1-7(2-4-8)9(16)15-6-5-14/h1-4H,5-6H2,(H,15,16). The topological polar surface area (TPSA) is 38.3 Å². The molecule has 0 radical (unpaired) electrons. The quantitative estimate of drug-likeness (QED) is 0.663. The van der Waals surface area contributed by atoms with Gasteiger partial charge >= 0.3 is 6.36 Å². The highest BCUT2D eigenvalue weighted by Gasteiger charge is 2.30. The summed E-state index contributed by atoms with van der Waals surface area (Å²) in [6.45, 7) is 0.514. The highest BCUT2D eigenvalue weighted by atomic mass is 127. The normalized spacial score (nSPS) is 11.1. The summed E-state index contributed by atoms with van der Waals surface area (Å²) in [4.78, 5) is 11.4. The second-order valence-electron chi connectivity index (χ2n) is 3.02. The zero-order chi connectivity index (χ0) is 12.9. The fourth-order valence-corrected chi connectivity index (χ4v) is 1.34. The third-order valence-corrected chi connectivity index (χ3v) is 2.27. The Hall–Kier alpha value is -0.990. The molecule has 0 heterocycles. The fraction of sp³-hybridized carbons (Fsp3) is 0.300. The Kier molecular flexibility index (Phi) is 5.03. The zero-order valence-electron chi connectivity index (χ0n) is 8.55. The molecule has 1 aromatic rings. The van der Waals surface area contributed by atoms with E-state index in [9.17, 15) is 18.0 Å². The molecule has 0 saturated heterocycles. The van der Waals surface area contributed by atoms with Crippen LogP contribution in [0.15, 0.2) is 24.3 Å². The molecule has 0 aliphatic carbocycles. The van der Waals surface area contributed by atoms with Crippen molar-refractivity contribution in [2.24, 2.45) is 0 Å². The zero-order valence-corrected chi connectivity index (χ0v) is 10.7. The molecular formula is C10H9F3INO2. The third kappa shape index (κ3) is 5.24. The van der Waals surface area contributed by atoms with Gasteiger partial charge in [-0.2, -0.15) is 0 Å². The van der Waals surface area contributed by atoms with Crippen molar-refractivity contribution in [3.63, 3.8) is 0 Å². The molecule has 0 fully saturated rings. The van der Waals surface area contributed by atoms with Crippen LogP contribution >= 0.6 is 22.6 Å². The molecule has 0 saturated carbocycles. The van der Waals surface area contributed by atoms with Gasteiger partial charge in [0.1, 0.15) is 5.75 Å². The number of amides is 1. The van der Waals surface area contributed by atoms with Gasteiger partial charge in [-0.05, 0) is 24.3 Å². The van der Waals surface area contributed by atoms with Crippen molar-refractivity contribution in [1.29, 1.82) is 0 Å². The van der Waals surface area contributed by atoms with Crippen molar-refractivity contribution >= 4 is 28.5 Å². The van der Waals surface area contributed by atoms with E-state index in [2.05, 4.69) is 32.6 Å². The van der Waals surface area contributed by atoms with Gasteiger partial charge in [0, 0.05) is 16.5 Å². The predicted molar refractivity (Wildman–Crippen MR) is 64.3 cm³/mol. The molecule has 17 heavy (non-hydrogen) atoms. The van der Waals surface area contributed by atoms with Crippen molar-refractivity contribution in [3.8, 4) is 5.75 Å². The Morgan fingerprint density at radius 3 is 2.35 bits per heavy atom. The Bertz CT molecular complexity index is 378. The molecule has 0 aliphatic heterocycles. The molecule has 0 atom stereocenters. The minimum Gasteiger partial charge on any atom is -0.406 e. The van der Waals surface area contributed by atoms with Crippen molar-refractivity contribution < 1.29 is 22.7 Å². The van der Waals surface area contributed by atoms with E-state index < -0.39 is 6.36 Å². The van der Waals surface area contributed by atoms with Crippen molar-refractivity contribution in [3.05, 3.63) is 29.8 Å². The number of hydrogen-bond donors (Lipinski definition) is 1. The van der Waals surface area contributed by atoms with Gasteiger partial charge in [-0.1, -0.05) is 22.6 Å². The summed E-state index contributed by atoms with van der Waals surface area (Å²) in [6, 6.07) is 4.77. The first-order valence-corrected chi connectivity index (χ1v) is 6.15. The smallest absolute Gasteiger partial charge is 0.406 e. The highest BCUT2D eigenvalue weighted by Crippen LogP contribution is 2.22. The molecule has 7 heteroatoms. The molecule has 94 valence electrons. The molecule has 0 aromatic heterocycles. The van der Waals surface area contributed by atoms with E-state index >= 15 is 0 Å². The number of halogens is 4. The Morgan fingerprint density at radius 2 is 1.88 bits per heavy atom. The number of carbonyl (C=O) groups is 1. The van der Waals surface area contributed by atoms with Gasteiger partial charge in [-0.25, -0.2) is 0 Å².